The van der Waals surface area contributed by atoms with Crippen molar-refractivity contribution in [2.45, 2.75) is 39.0 Å². The summed E-state index contributed by atoms with van der Waals surface area (Å²) in [5.41, 5.74) is 4.40. The van der Waals surface area contributed by atoms with Crippen LogP contribution in [0.15, 0.2) is 60.8 Å². The molecule has 2 aromatic heterocycles. The zero-order valence-electron chi connectivity index (χ0n) is 17.2. The van der Waals surface area contributed by atoms with Crippen LogP contribution in [-0.2, 0) is 7.05 Å². The minimum Gasteiger partial charge on any atom is -0.491 e. The van der Waals surface area contributed by atoms with Gasteiger partial charge in [0.25, 0.3) is 0 Å². The molecule has 0 amide bonds. The standard InChI is InChI=1S/C23H26N4OS/c1-15(2)28-18-11-9-17(10-12-18)27-22(20-13-8-16(3)26(20)4)21(25-23(27)29)19-7-5-6-14-24-19/h5-15,21-22H,1-4H3,(H,25,29)/t21-,22-/m0/s1. The highest BCUT2D eigenvalue weighted by Gasteiger charge is 2.41. The number of anilines is 1. The average Bonchev–Trinajstić information content (AvgIpc) is 3.22. The highest BCUT2D eigenvalue weighted by Crippen LogP contribution is 2.42. The van der Waals surface area contributed by atoms with Crippen molar-refractivity contribution >= 4 is 23.0 Å². The smallest absolute Gasteiger partial charge is 0.174 e. The number of nitrogens with one attached hydrogen (secondary N) is 1. The number of hydrogen-bond acceptors (Lipinski definition) is 3. The minimum absolute atomic E-state index is 0.00651. The van der Waals surface area contributed by atoms with Gasteiger partial charge in [-0.25, -0.2) is 0 Å². The highest BCUT2D eigenvalue weighted by atomic mass is 32.1. The first-order chi connectivity index (χ1) is 14.0. The summed E-state index contributed by atoms with van der Waals surface area (Å²) in [6.07, 6.45) is 1.97. The molecule has 4 rings (SSSR count). The topological polar surface area (TPSA) is 42.3 Å². The molecule has 2 atom stereocenters. The number of rotatable bonds is 5. The SMILES string of the molecule is Cc1ccc([C@H]2[C@H](c3ccccn3)NC(=S)N2c2ccc(OC(C)C)cc2)n1C. The van der Waals surface area contributed by atoms with Crippen molar-refractivity contribution in [3.05, 3.63) is 77.9 Å². The fraction of sp³-hybridized carbons (Fsp3) is 0.304. The first kappa shape index (κ1) is 19.5. The largest absolute Gasteiger partial charge is 0.491 e. The Bertz CT molecular complexity index is 997. The summed E-state index contributed by atoms with van der Waals surface area (Å²) in [6, 6.07) is 18.4. The number of aromatic nitrogens is 2. The van der Waals surface area contributed by atoms with Crippen LogP contribution in [0.2, 0.25) is 0 Å². The lowest BCUT2D eigenvalue weighted by molar-refractivity contribution is 0.242. The third-order valence-electron chi connectivity index (χ3n) is 5.30. The summed E-state index contributed by atoms with van der Waals surface area (Å²) in [6.45, 7) is 6.17. The molecule has 1 aromatic carbocycles. The van der Waals surface area contributed by atoms with Gasteiger partial charge in [-0.15, -0.1) is 0 Å². The molecule has 1 aliphatic rings. The van der Waals surface area contributed by atoms with E-state index in [2.05, 4.69) is 58.0 Å². The summed E-state index contributed by atoms with van der Waals surface area (Å²) in [4.78, 5) is 6.79. The third-order valence-corrected chi connectivity index (χ3v) is 5.61. The van der Waals surface area contributed by atoms with Crippen molar-refractivity contribution in [3.8, 4) is 5.75 Å². The first-order valence-electron chi connectivity index (χ1n) is 9.85. The lowest BCUT2D eigenvalue weighted by Crippen LogP contribution is -2.30. The van der Waals surface area contributed by atoms with Crippen LogP contribution in [0.25, 0.3) is 0 Å². The summed E-state index contributed by atoms with van der Waals surface area (Å²) in [5, 5.41) is 4.20. The van der Waals surface area contributed by atoms with Crippen LogP contribution < -0.4 is 15.0 Å². The molecule has 5 nitrogen and oxygen atoms in total. The van der Waals surface area contributed by atoms with E-state index in [4.69, 9.17) is 17.0 Å². The molecule has 1 aliphatic heterocycles. The molecular formula is C23H26N4OS. The highest BCUT2D eigenvalue weighted by molar-refractivity contribution is 7.80. The Morgan fingerprint density at radius 3 is 2.41 bits per heavy atom. The van der Waals surface area contributed by atoms with Crippen molar-refractivity contribution in [2.24, 2.45) is 7.05 Å². The van der Waals surface area contributed by atoms with Gasteiger partial charge in [-0.1, -0.05) is 6.07 Å². The lowest BCUT2D eigenvalue weighted by Gasteiger charge is -2.28. The zero-order chi connectivity index (χ0) is 20.5. The van der Waals surface area contributed by atoms with Crippen LogP contribution in [0, 0.1) is 6.92 Å². The molecule has 0 unspecified atom stereocenters. The van der Waals surface area contributed by atoms with E-state index in [1.54, 1.807) is 0 Å². The maximum Gasteiger partial charge on any atom is 0.174 e. The van der Waals surface area contributed by atoms with Gasteiger partial charge < -0.3 is 19.5 Å². The van der Waals surface area contributed by atoms with E-state index in [-0.39, 0.29) is 18.2 Å². The molecule has 1 fully saturated rings. The molecule has 1 saturated heterocycles. The molecule has 3 aromatic rings. The van der Waals surface area contributed by atoms with Crippen LogP contribution in [0.4, 0.5) is 5.69 Å². The van der Waals surface area contributed by atoms with E-state index in [0.717, 1.165) is 17.1 Å². The van der Waals surface area contributed by atoms with Gasteiger partial charge >= 0.3 is 0 Å². The summed E-state index contributed by atoms with van der Waals surface area (Å²) in [5.74, 6) is 0.856. The predicted molar refractivity (Wildman–Crippen MR) is 120 cm³/mol. The molecule has 3 heterocycles. The Labute approximate surface area is 177 Å². The van der Waals surface area contributed by atoms with Crippen molar-refractivity contribution in [1.29, 1.82) is 0 Å². The molecule has 0 radical (unpaired) electrons. The van der Waals surface area contributed by atoms with Gasteiger partial charge in [-0.2, -0.15) is 0 Å². The number of benzene rings is 1. The van der Waals surface area contributed by atoms with Gasteiger partial charge in [0.2, 0.25) is 0 Å². The maximum absolute atomic E-state index is 5.80. The minimum atomic E-state index is -0.0386. The van der Waals surface area contributed by atoms with Crippen molar-refractivity contribution in [1.82, 2.24) is 14.9 Å². The summed E-state index contributed by atoms with van der Waals surface area (Å²) in [7, 11) is 2.10. The van der Waals surface area contributed by atoms with E-state index in [9.17, 15) is 0 Å². The second-order valence-electron chi connectivity index (χ2n) is 7.62. The number of hydrogen-bond donors (Lipinski definition) is 1. The van der Waals surface area contributed by atoms with Gasteiger partial charge in [-0.3, -0.25) is 4.98 Å². The summed E-state index contributed by atoms with van der Waals surface area (Å²) >= 11 is 5.78. The molecule has 0 saturated carbocycles. The Kier molecular flexibility index (Phi) is 5.28. The summed E-state index contributed by atoms with van der Waals surface area (Å²) < 4.78 is 8.02. The molecule has 0 bridgehead atoms. The van der Waals surface area contributed by atoms with Crippen LogP contribution >= 0.6 is 12.2 Å². The predicted octanol–water partition coefficient (Wildman–Crippen LogP) is 4.69. The maximum atomic E-state index is 5.80. The average molecular weight is 407 g/mol. The van der Waals surface area contributed by atoms with Crippen LogP contribution in [0.3, 0.4) is 0 Å². The van der Waals surface area contributed by atoms with Crippen molar-refractivity contribution in [2.75, 3.05) is 4.90 Å². The molecular weight excluding hydrogens is 380 g/mol. The Morgan fingerprint density at radius 2 is 1.83 bits per heavy atom. The van der Waals surface area contributed by atoms with E-state index < -0.39 is 0 Å². The van der Waals surface area contributed by atoms with Gasteiger partial charge in [-0.05, 0) is 81.5 Å². The lowest BCUT2D eigenvalue weighted by atomic mass is 10.0. The van der Waals surface area contributed by atoms with Gasteiger partial charge in [0.05, 0.1) is 17.8 Å². The van der Waals surface area contributed by atoms with E-state index in [1.165, 1.54) is 11.4 Å². The number of aryl methyl sites for hydroxylation is 1. The number of nitrogens with zero attached hydrogens (tertiary/aromatic N) is 3. The van der Waals surface area contributed by atoms with Crippen LogP contribution in [0.1, 0.15) is 43.0 Å². The van der Waals surface area contributed by atoms with Gasteiger partial charge in [0.1, 0.15) is 11.8 Å². The zero-order valence-corrected chi connectivity index (χ0v) is 18.0. The second-order valence-corrected chi connectivity index (χ2v) is 8.00. The Hall–Kier alpha value is -2.86. The van der Waals surface area contributed by atoms with Crippen LogP contribution in [0.5, 0.6) is 5.75 Å². The normalized spacial score (nSPS) is 18.9. The van der Waals surface area contributed by atoms with Gasteiger partial charge in [0, 0.05) is 30.3 Å². The number of ether oxygens (including phenoxy) is 1. The van der Waals surface area contributed by atoms with Gasteiger partial charge in [0.15, 0.2) is 5.11 Å². The fourth-order valence-corrected chi connectivity index (χ4v) is 4.17. The van der Waals surface area contributed by atoms with E-state index in [1.807, 2.05) is 50.4 Å². The second kappa shape index (κ2) is 7.87. The fourth-order valence-electron chi connectivity index (χ4n) is 3.82. The first-order valence-corrected chi connectivity index (χ1v) is 10.3. The molecule has 1 N–H and O–H groups in total. The number of thiocarbonyl (C=S) groups is 1. The van der Waals surface area contributed by atoms with E-state index >= 15 is 0 Å². The van der Waals surface area contributed by atoms with E-state index in [0.29, 0.717) is 5.11 Å². The Balaban J connectivity index is 1.77. The monoisotopic (exact) mass is 406 g/mol. The quantitative estimate of drug-likeness (QED) is 0.623. The molecule has 29 heavy (non-hydrogen) atoms. The molecule has 150 valence electrons. The third kappa shape index (κ3) is 3.72. The van der Waals surface area contributed by atoms with Crippen molar-refractivity contribution in [3.63, 3.8) is 0 Å². The number of pyridine rings is 1. The Morgan fingerprint density at radius 1 is 1.07 bits per heavy atom. The molecule has 6 heteroatoms. The molecule has 0 spiro atoms. The molecule has 0 aliphatic carbocycles. The van der Waals surface area contributed by atoms with Crippen LogP contribution in [-0.4, -0.2) is 20.8 Å². The van der Waals surface area contributed by atoms with Crippen molar-refractivity contribution < 1.29 is 4.74 Å².